The lowest BCUT2D eigenvalue weighted by atomic mass is 9.99. The van der Waals surface area contributed by atoms with Crippen LogP contribution in [-0.2, 0) is 4.79 Å². The van der Waals surface area contributed by atoms with Crippen LogP contribution in [0.2, 0.25) is 0 Å². The summed E-state index contributed by atoms with van der Waals surface area (Å²) in [5.74, 6) is 0.702. The molecule has 2 rings (SSSR count). The van der Waals surface area contributed by atoms with Crippen LogP contribution in [0.4, 0.5) is 5.69 Å². The van der Waals surface area contributed by atoms with E-state index in [1.165, 1.54) is 12.8 Å². The number of anilines is 1. The number of nitrogens with zero attached hydrogens (tertiary/aromatic N) is 1. The third-order valence-corrected chi connectivity index (χ3v) is 4.04. The zero-order valence-corrected chi connectivity index (χ0v) is 13.4. The standard InChI is InChI=1S/C15H22BrN3O/c1-19(10-12-3-2-8-17-9-12)11-15(20)18-14-6-4-13(16)5-7-14/h4-7,12,17H,2-3,8-11H2,1H3,(H,18,20). The molecule has 1 aliphatic heterocycles. The number of amides is 1. The Morgan fingerprint density at radius 1 is 1.45 bits per heavy atom. The van der Waals surface area contributed by atoms with E-state index in [9.17, 15) is 4.79 Å². The third kappa shape index (κ3) is 5.23. The molecule has 1 unspecified atom stereocenters. The number of carbonyl (C=O) groups is 1. The van der Waals surface area contributed by atoms with Crippen LogP contribution in [-0.4, -0.2) is 44.0 Å². The zero-order valence-electron chi connectivity index (χ0n) is 11.9. The molecule has 0 spiro atoms. The largest absolute Gasteiger partial charge is 0.325 e. The maximum Gasteiger partial charge on any atom is 0.238 e. The molecule has 110 valence electrons. The van der Waals surface area contributed by atoms with Gasteiger partial charge in [-0.25, -0.2) is 0 Å². The fourth-order valence-corrected chi connectivity index (χ4v) is 2.83. The summed E-state index contributed by atoms with van der Waals surface area (Å²) >= 11 is 3.38. The fourth-order valence-electron chi connectivity index (χ4n) is 2.56. The van der Waals surface area contributed by atoms with Gasteiger partial charge in [-0.1, -0.05) is 15.9 Å². The van der Waals surface area contributed by atoms with Crippen LogP contribution < -0.4 is 10.6 Å². The van der Waals surface area contributed by atoms with Gasteiger partial charge in [0.25, 0.3) is 0 Å². The molecule has 5 heteroatoms. The van der Waals surface area contributed by atoms with Crippen molar-refractivity contribution in [2.45, 2.75) is 12.8 Å². The van der Waals surface area contributed by atoms with E-state index < -0.39 is 0 Å². The molecule has 1 saturated heterocycles. The highest BCUT2D eigenvalue weighted by Crippen LogP contribution is 2.14. The van der Waals surface area contributed by atoms with Gasteiger partial charge in [0.1, 0.15) is 0 Å². The molecule has 0 bridgehead atoms. The second-order valence-electron chi connectivity index (χ2n) is 5.46. The number of piperidine rings is 1. The Labute approximate surface area is 129 Å². The van der Waals surface area contributed by atoms with E-state index in [-0.39, 0.29) is 5.91 Å². The van der Waals surface area contributed by atoms with E-state index in [0.717, 1.165) is 29.8 Å². The van der Waals surface area contributed by atoms with Crippen molar-refractivity contribution in [1.29, 1.82) is 0 Å². The highest BCUT2D eigenvalue weighted by atomic mass is 79.9. The first-order valence-electron chi connectivity index (χ1n) is 7.08. The first-order valence-corrected chi connectivity index (χ1v) is 7.87. The van der Waals surface area contributed by atoms with E-state index in [1.54, 1.807) is 0 Å². The highest BCUT2D eigenvalue weighted by Gasteiger charge is 2.16. The van der Waals surface area contributed by atoms with Gasteiger partial charge in [-0.05, 0) is 63.2 Å². The molecular formula is C15H22BrN3O. The van der Waals surface area contributed by atoms with Crippen molar-refractivity contribution in [2.24, 2.45) is 5.92 Å². The van der Waals surface area contributed by atoms with Crippen LogP contribution in [0.15, 0.2) is 28.7 Å². The third-order valence-electron chi connectivity index (χ3n) is 3.51. The van der Waals surface area contributed by atoms with Crippen molar-refractivity contribution in [2.75, 3.05) is 38.5 Å². The van der Waals surface area contributed by atoms with Crippen molar-refractivity contribution in [3.05, 3.63) is 28.7 Å². The van der Waals surface area contributed by atoms with Gasteiger partial charge in [0.05, 0.1) is 6.54 Å². The Bertz CT molecular complexity index is 429. The molecule has 0 aliphatic carbocycles. The molecule has 1 amide bonds. The van der Waals surface area contributed by atoms with Crippen LogP contribution >= 0.6 is 15.9 Å². The van der Waals surface area contributed by atoms with Crippen LogP contribution in [0.3, 0.4) is 0 Å². The Hall–Kier alpha value is -0.910. The quantitative estimate of drug-likeness (QED) is 0.865. The van der Waals surface area contributed by atoms with E-state index in [0.29, 0.717) is 12.5 Å². The van der Waals surface area contributed by atoms with Crippen LogP contribution in [0.1, 0.15) is 12.8 Å². The minimum atomic E-state index is 0.0404. The highest BCUT2D eigenvalue weighted by molar-refractivity contribution is 9.10. The summed E-state index contributed by atoms with van der Waals surface area (Å²) in [6.45, 7) is 3.61. The SMILES string of the molecule is CN(CC(=O)Nc1ccc(Br)cc1)CC1CCCNC1. The zero-order chi connectivity index (χ0) is 14.4. The number of likely N-dealkylation sites (N-methyl/N-ethyl adjacent to an activating group) is 1. The second-order valence-corrected chi connectivity index (χ2v) is 6.38. The summed E-state index contributed by atoms with van der Waals surface area (Å²) in [7, 11) is 2.01. The minimum absolute atomic E-state index is 0.0404. The lowest BCUT2D eigenvalue weighted by molar-refractivity contribution is -0.117. The molecule has 4 nitrogen and oxygen atoms in total. The minimum Gasteiger partial charge on any atom is -0.325 e. The monoisotopic (exact) mass is 339 g/mol. The predicted octanol–water partition coefficient (Wildman–Crippen LogP) is 2.32. The van der Waals surface area contributed by atoms with Crippen LogP contribution in [0.5, 0.6) is 0 Å². The summed E-state index contributed by atoms with van der Waals surface area (Å²) in [4.78, 5) is 14.1. The van der Waals surface area contributed by atoms with Gasteiger partial charge in [-0.2, -0.15) is 0 Å². The summed E-state index contributed by atoms with van der Waals surface area (Å²) in [5.41, 5.74) is 0.839. The van der Waals surface area contributed by atoms with Crippen LogP contribution in [0, 0.1) is 5.92 Å². The average Bonchev–Trinajstić information content (AvgIpc) is 2.42. The van der Waals surface area contributed by atoms with E-state index in [1.807, 2.05) is 31.3 Å². The van der Waals surface area contributed by atoms with Gasteiger partial charge < -0.3 is 10.6 Å². The van der Waals surface area contributed by atoms with Gasteiger partial charge in [0.15, 0.2) is 0 Å². The van der Waals surface area contributed by atoms with Crippen molar-refractivity contribution in [3.63, 3.8) is 0 Å². The van der Waals surface area contributed by atoms with E-state index in [2.05, 4.69) is 31.5 Å². The maximum atomic E-state index is 12.0. The molecule has 1 aromatic rings. The molecule has 1 fully saturated rings. The Kier molecular flexibility index (Phi) is 6.01. The summed E-state index contributed by atoms with van der Waals surface area (Å²) in [6.07, 6.45) is 2.50. The van der Waals surface area contributed by atoms with Gasteiger partial charge >= 0.3 is 0 Å². The van der Waals surface area contributed by atoms with Gasteiger partial charge in [-0.3, -0.25) is 9.69 Å². The lowest BCUT2D eigenvalue weighted by Crippen LogP contribution is -2.39. The van der Waals surface area contributed by atoms with Gasteiger partial charge in [0.2, 0.25) is 5.91 Å². The summed E-state index contributed by atoms with van der Waals surface area (Å²) < 4.78 is 1.01. The molecular weight excluding hydrogens is 318 g/mol. The fraction of sp³-hybridized carbons (Fsp3) is 0.533. The number of carbonyl (C=O) groups excluding carboxylic acids is 1. The van der Waals surface area contributed by atoms with Crippen molar-refractivity contribution in [3.8, 4) is 0 Å². The van der Waals surface area contributed by atoms with Crippen molar-refractivity contribution >= 4 is 27.5 Å². The first kappa shape index (κ1) is 15.5. The normalized spacial score (nSPS) is 19.1. The lowest BCUT2D eigenvalue weighted by Gasteiger charge is -2.27. The van der Waals surface area contributed by atoms with Crippen molar-refractivity contribution < 1.29 is 4.79 Å². The Balaban J connectivity index is 1.74. The number of halogens is 1. The molecule has 20 heavy (non-hydrogen) atoms. The smallest absolute Gasteiger partial charge is 0.238 e. The molecule has 2 N–H and O–H groups in total. The summed E-state index contributed by atoms with van der Waals surface area (Å²) in [6, 6.07) is 7.64. The van der Waals surface area contributed by atoms with Gasteiger partial charge in [-0.15, -0.1) is 0 Å². The molecule has 0 aromatic heterocycles. The topological polar surface area (TPSA) is 44.4 Å². The Morgan fingerprint density at radius 2 is 2.20 bits per heavy atom. The van der Waals surface area contributed by atoms with E-state index >= 15 is 0 Å². The van der Waals surface area contributed by atoms with Gasteiger partial charge in [0, 0.05) is 16.7 Å². The number of rotatable bonds is 5. The molecule has 1 aromatic carbocycles. The molecule has 0 saturated carbocycles. The number of hydrogen-bond acceptors (Lipinski definition) is 3. The molecule has 1 atom stereocenters. The van der Waals surface area contributed by atoms with Crippen molar-refractivity contribution in [1.82, 2.24) is 10.2 Å². The average molecular weight is 340 g/mol. The molecule has 1 aliphatic rings. The predicted molar refractivity (Wildman–Crippen MR) is 85.9 cm³/mol. The molecule has 0 radical (unpaired) electrons. The first-order chi connectivity index (χ1) is 9.63. The van der Waals surface area contributed by atoms with Crippen LogP contribution in [0.25, 0.3) is 0 Å². The number of benzene rings is 1. The number of nitrogens with one attached hydrogen (secondary N) is 2. The maximum absolute atomic E-state index is 12.0. The van der Waals surface area contributed by atoms with E-state index in [4.69, 9.17) is 0 Å². The molecule has 1 heterocycles. The number of hydrogen-bond donors (Lipinski definition) is 2. The summed E-state index contributed by atoms with van der Waals surface area (Å²) in [5, 5.41) is 6.33. The Morgan fingerprint density at radius 3 is 2.85 bits per heavy atom. The second kappa shape index (κ2) is 7.76.